The number of pyridine rings is 1. The lowest BCUT2D eigenvalue weighted by atomic mass is 10.0. The Labute approximate surface area is 126 Å². The molecule has 0 radical (unpaired) electrons. The Morgan fingerprint density at radius 2 is 2.29 bits per heavy atom. The summed E-state index contributed by atoms with van der Waals surface area (Å²) in [5.74, 6) is -0.249. The zero-order valence-corrected chi connectivity index (χ0v) is 13.1. The van der Waals surface area contributed by atoms with Crippen molar-refractivity contribution in [2.75, 3.05) is 17.2 Å². The van der Waals surface area contributed by atoms with Gasteiger partial charge < -0.3 is 11.1 Å². The van der Waals surface area contributed by atoms with E-state index in [9.17, 15) is 13.2 Å². The van der Waals surface area contributed by atoms with Crippen LogP contribution >= 0.6 is 11.3 Å². The molecule has 2 aromatic rings. The maximum absolute atomic E-state index is 12.4. The van der Waals surface area contributed by atoms with Crippen molar-refractivity contribution >= 4 is 42.9 Å². The van der Waals surface area contributed by atoms with E-state index in [-0.39, 0.29) is 17.4 Å². The largest absolute Gasteiger partial charge is 0.397 e. The fourth-order valence-electron chi connectivity index (χ4n) is 2.58. The van der Waals surface area contributed by atoms with E-state index in [1.807, 2.05) is 0 Å². The van der Waals surface area contributed by atoms with Crippen molar-refractivity contribution in [3.8, 4) is 0 Å². The molecule has 0 bridgehead atoms. The van der Waals surface area contributed by atoms with Gasteiger partial charge in [0.05, 0.1) is 27.4 Å². The molecular formula is C13H15N3O3S2. The van der Waals surface area contributed by atoms with Gasteiger partial charge in [-0.05, 0) is 19.4 Å². The van der Waals surface area contributed by atoms with Gasteiger partial charge in [0.25, 0.3) is 5.91 Å². The molecule has 3 N–H and O–H groups in total. The Hall–Kier alpha value is -1.67. The third-order valence-corrected chi connectivity index (χ3v) is 6.71. The molecule has 1 unspecified atom stereocenters. The van der Waals surface area contributed by atoms with Crippen LogP contribution in [0.15, 0.2) is 18.5 Å². The quantitative estimate of drug-likeness (QED) is 0.863. The SMILES string of the molecule is CC1(NC(=O)c2sc3cnccc3c2N)CCS(=O)(=O)C1. The zero-order chi connectivity index (χ0) is 15.3. The standard InChI is InChI=1S/C13H15N3O3S2/c1-13(3-5-21(18,19)7-13)16-12(17)11-10(14)8-2-4-15-6-9(8)20-11/h2,4,6H,3,5,7,14H2,1H3,(H,16,17). The third-order valence-electron chi connectivity index (χ3n) is 3.66. The molecule has 1 saturated heterocycles. The molecule has 0 aliphatic carbocycles. The first-order chi connectivity index (χ1) is 9.80. The molecule has 21 heavy (non-hydrogen) atoms. The van der Waals surface area contributed by atoms with Crippen LogP contribution in [0, 0.1) is 0 Å². The van der Waals surface area contributed by atoms with E-state index >= 15 is 0 Å². The van der Waals surface area contributed by atoms with Crippen LogP contribution in [0.5, 0.6) is 0 Å². The predicted molar refractivity (Wildman–Crippen MR) is 83.2 cm³/mol. The number of carbonyl (C=O) groups excluding carboxylic acids is 1. The minimum Gasteiger partial charge on any atom is -0.397 e. The first kappa shape index (κ1) is 14.3. The number of nitrogens with two attached hydrogens (primary N) is 1. The van der Waals surface area contributed by atoms with E-state index in [1.54, 1.807) is 25.4 Å². The number of anilines is 1. The van der Waals surface area contributed by atoms with Crippen LogP contribution in [0.1, 0.15) is 23.0 Å². The minimum absolute atomic E-state index is 0.0297. The smallest absolute Gasteiger partial charge is 0.263 e. The summed E-state index contributed by atoms with van der Waals surface area (Å²) in [5.41, 5.74) is 5.70. The molecular weight excluding hydrogens is 310 g/mol. The molecule has 8 heteroatoms. The molecule has 3 rings (SSSR count). The van der Waals surface area contributed by atoms with E-state index in [0.717, 1.165) is 10.1 Å². The van der Waals surface area contributed by atoms with Gasteiger partial charge in [-0.3, -0.25) is 9.78 Å². The number of thiophene rings is 1. The van der Waals surface area contributed by atoms with Gasteiger partial charge in [0.2, 0.25) is 0 Å². The maximum Gasteiger partial charge on any atom is 0.263 e. The number of hydrogen-bond donors (Lipinski definition) is 2. The van der Waals surface area contributed by atoms with Gasteiger partial charge in [0.15, 0.2) is 9.84 Å². The van der Waals surface area contributed by atoms with Gasteiger partial charge in [-0.2, -0.15) is 0 Å². The fourth-order valence-corrected chi connectivity index (χ4v) is 5.66. The lowest BCUT2D eigenvalue weighted by Gasteiger charge is -2.23. The summed E-state index contributed by atoms with van der Waals surface area (Å²) in [6.45, 7) is 1.75. The average molecular weight is 325 g/mol. The van der Waals surface area contributed by atoms with Crippen LogP contribution in [0.2, 0.25) is 0 Å². The highest BCUT2D eigenvalue weighted by Gasteiger charge is 2.40. The average Bonchev–Trinajstić information content (AvgIpc) is 2.88. The van der Waals surface area contributed by atoms with Crippen LogP contribution in [0.4, 0.5) is 5.69 Å². The van der Waals surface area contributed by atoms with E-state index in [1.165, 1.54) is 11.3 Å². The number of hydrogen-bond acceptors (Lipinski definition) is 6. The normalized spacial score (nSPS) is 24.2. The number of nitrogen functional groups attached to an aromatic ring is 1. The van der Waals surface area contributed by atoms with Gasteiger partial charge in [-0.1, -0.05) is 0 Å². The molecule has 1 amide bonds. The Balaban J connectivity index is 1.90. The van der Waals surface area contributed by atoms with Gasteiger partial charge in [-0.15, -0.1) is 11.3 Å². The number of fused-ring (bicyclic) bond motifs is 1. The number of sulfone groups is 1. The van der Waals surface area contributed by atoms with E-state index in [0.29, 0.717) is 17.0 Å². The summed E-state index contributed by atoms with van der Waals surface area (Å²) < 4.78 is 24.0. The second-order valence-corrected chi connectivity index (χ2v) is 8.81. The highest BCUT2D eigenvalue weighted by molar-refractivity contribution is 7.91. The summed E-state index contributed by atoms with van der Waals surface area (Å²) in [4.78, 5) is 16.8. The van der Waals surface area contributed by atoms with Gasteiger partial charge in [0.1, 0.15) is 4.88 Å². The van der Waals surface area contributed by atoms with Crippen LogP contribution < -0.4 is 11.1 Å². The summed E-state index contributed by atoms with van der Waals surface area (Å²) in [6, 6.07) is 1.76. The lowest BCUT2D eigenvalue weighted by Crippen LogP contribution is -2.46. The van der Waals surface area contributed by atoms with Gasteiger partial charge in [0, 0.05) is 17.8 Å². The Morgan fingerprint density at radius 1 is 1.52 bits per heavy atom. The number of rotatable bonds is 2. The summed E-state index contributed by atoms with van der Waals surface area (Å²) in [6.07, 6.45) is 3.71. The van der Waals surface area contributed by atoms with Gasteiger partial charge >= 0.3 is 0 Å². The van der Waals surface area contributed by atoms with E-state index in [2.05, 4.69) is 10.3 Å². The molecule has 2 aromatic heterocycles. The molecule has 6 nitrogen and oxygen atoms in total. The maximum atomic E-state index is 12.4. The van der Waals surface area contributed by atoms with Crippen LogP contribution in [-0.2, 0) is 9.84 Å². The molecule has 112 valence electrons. The van der Waals surface area contributed by atoms with Crippen LogP contribution in [0.25, 0.3) is 10.1 Å². The van der Waals surface area contributed by atoms with Crippen molar-refractivity contribution in [1.29, 1.82) is 0 Å². The molecule has 1 aliphatic rings. The zero-order valence-electron chi connectivity index (χ0n) is 11.4. The minimum atomic E-state index is -3.07. The fraction of sp³-hybridized carbons (Fsp3) is 0.385. The van der Waals surface area contributed by atoms with Crippen molar-refractivity contribution in [3.63, 3.8) is 0 Å². The number of aromatic nitrogens is 1. The van der Waals surface area contributed by atoms with Gasteiger partial charge in [-0.25, -0.2) is 8.42 Å². The van der Waals surface area contributed by atoms with Crippen LogP contribution in [-0.4, -0.2) is 36.4 Å². The van der Waals surface area contributed by atoms with Crippen molar-refractivity contribution in [1.82, 2.24) is 10.3 Å². The molecule has 1 atom stereocenters. The van der Waals surface area contributed by atoms with Crippen molar-refractivity contribution in [2.45, 2.75) is 18.9 Å². The monoisotopic (exact) mass is 325 g/mol. The van der Waals surface area contributed by atoms with Crippen LogP contribution in [0.3, 0.4) is 0 Å². The summed E-state index contributed by atoms with van der Waals surface area (Å²) in [7, 11) is -3.07. The van der Waals surface area contributed by atoms with Crippen molar-refractivity contribution in [2.24, 2.45) is 0 Å². The highest BCUT2D eigenvalue weighted by atomic mass is 32.2. The van der Waals surface area contributed by atoms with Crippen molar-refractivity contribution < 1.29 is 13.2 Å². The number of nitrogens with zero attached hydrogens (tertiary/aromatic N) is 1. The molecule has 0 saturated carbocycles. The van der Waals surface area contributed by atoms with Crippen molar-refractivity contribution in [3.05, 3.63) is 23.3 Å². The number of carbonyl (C=O) groups is 1. The lowest BCUT2D eigenvalue weighted by molar-refractivity contribution is 0.0920. The third kappa shape index (κ3) is 2.60. The first-order valence-corrected chi connectivity index (χ1v) is 9.08. The number of amides is 1. The first-order valence-electron chi connectivity index (χ1n) is 6.45. The topological polar surface area (TPSA) is 102 Å². The molecule has 0 aromatic carbocycles. The Bertz CT molecular complexity index is 828. The number of nitrogens with one attached hydrogen (secondary N) is 1. The Morgan fingerprint density at radius 3 is 2.90 bits per heavy atom. The summed E-state index contributed by atoms with van der Waals surface area (Å²) in [5, 5.41) is 3.62. The van der Waals surface area contributed by atoms with E-state index < -0.39 is 15.4 Å². The summed E-state index contributed by atoms with van der Waals surface area (Å²) >= 11 is 1.26. The second-order valence-electron chi connectivity index (χ2n) is 5.57. The Kier molecular flexibility index (Phi) is 3.18. The molecule has 3 heterocycles. The second kappa shape index (κ2) is 4.67. The molecule has 0 spiro atoms. The molecule has 1 fully saturated rings. The van der Waals surface area contributed by atoms with E-state index in [4.69, 9.17) is 5.73 Å². The predicted octanol–water partition coefficient (Wildman–Crippen LogP) is 1.19. The highest BCUT2D eigenvalue weighted by Crippen LogP contribution is 2.33. The molecule has 1 aliphatic heterocycles.